The molecule has 7 nitrogen and oxygen atoms in total. The number of thiophene rings is 1. The molecule has 0 aliphatic rings. The summed E-state index contributed by atoms with van der Waals surface area (Å²) in [6, 6.07) is 13.7. The third-order valence-corrected chi connectivity index (χ3v) is 5.44. The highest BCUT2D eigenvalue weighted by Crippen LogP contribution is 2.18. The maximum Gasteiger partial charge on any atom is 0.192 e. The van der Waals surface area contributed by atoms with Crippen molar-refractivity contribution in [3.8, 4) is 0 Å². The first-order valence-corrected chi connectivity index (χ1v) is 10.0. The monoisotopic (exact) mass is 398 g/mol. The minimum atomic E-state index is -1.02. The zero-order valence-electron chi connectivity index (χ0n) is 16.4. The summed E-state index contributed by atoms with van der Waals surface area (Å²) in [5.41, 5.74) is -0.169. The summed E-state index contributed by atoms with van der Waals surface area (Å²) in [7, 11) is 1.92. The van der Waals surface area contributed by atoms with Crippen LogP contribution in [0.1, 0.15) is 29.0 Å². The molecule has 0 radical (unpaired) electrons. The Morgan fingerprint density at radius 3 is 2.61 bits per heavy atom. The Labute approximate surface area is 169 Å². The van der Waals surface area contributed by atoms with Crippen LogP contribution in [-0.2, 0) is 25.7 Å². The first kappa shape index (κ1) is 20.0. The molecule has 148 valence electrons. The van der Waals surface area contributed by atoms with E-state index in [9.17, 15) is 5.11 Å². The molecule has 2 aromatic heterocycles. The number of nitrogens with zero attached hydrogens (tertiary/aromatic N) is 4. The van der Waals surface area contributed by atoms with Gasteiger partial charge in [-0.1, -0.05) is 36.4 Å². The van der Waals surface area contributed by atoms with Crippen LogP contribution < -0.4 is 10.6 Å². The van der Waals surface area contributed by atoms with E-state index in [2.05, 4.69) is 31.9 Å². The van der Waals surface area contributed by atoms with Gasteiger partial charge in [-0.15, -0.1) is 21.5 Å². The molecule has 1 unspecified atom stereocenters. The highest BCUT2D eigenvalue weighted by atomic mass is 32.1. The Kier molecular flexibility index (Phi) is 6.43. The second-order valence-electron chi connectivity index (χ2n) is 6.81. The highest BCUT2D eigenvalue weighted by Gasteiger charge is 2.23. The largest absolute Gasteiger partial charge is 0.384 e. The molecule has 2 heterocycles. The van der Waals surface area contributed by atoms with Crippen molar-refractivity contribution in [2.45, 2.75) is 32.5 Å². The Hall–Kier alpha value is -2.71. The Bertz CT molecular complexity index is 902. The van der Waals surface area contributed by atoms with Crippen molar-refractivity contribution >= 4 is 17.3 Å². The first-order chi connectivity index (χ1) is 13.5. The van der Waals surface area contributed by atoms with Gasteiger partial charge >= 0.3 is 0 Å². The molecular weight excluding hydrogens is 372 g/mol. The number of hydrogen-bond acceptors (Lipinski definition) is 5. The molecule has 1 aromatic carbocycles. The van der Waals surface area contributed by atoms with E-state index in [1.54, 1.807) is 18.3 Å². The van der Waals surface area contributed by atoms with Gasteiger partial charge in [-0.2, -0.15) is 0 Å². The molecule has 0 amide bonds. The number of aromatic nitrogens is 3. The zero-order chi connectivity index (χ0) is 20.0. The molecule has 0 saturated carbocycles. The molecule has 3 aromatic rings. The van der Waals surface area contributed by atoms with Crippen molar-refractivity contribution in [1.29, 1.82) is 0 Å². The topological polar surface area (TPSA) is 87.4 Å². The highest BCUT2D eigenvalue weighted by molar-refractivity contribution is 7.09. The number of benzene rings is 1. The van der Waals surface area contributed by atoms with Crippen LogP contribution in [0.5, 0.6) is 0 Å². The van der Waals surface area contributed by atoms with Gasteiger partial charge in [0, 0.05) is 11.9 Å². The number of rotatable bonds is 7. The van der Waals surface area contributed by atoms with E-state index in [-0.39, 0.29) is 0 Å². The van der Waals surface area contributed by atoms with Crippen LogP contribution in [0.15, 0.2) is 52.8 Å². The number of nitrogens with one attached hydrogen (secondary N) is 2. The van der Waals surface area contributed by atoms with Crippen LogP contribution in [0.4, 0.5) is 0 Å². The van der Waals surface area contributed by atoms with Crippen LogP contribution in [-0.4, -0.2) is 32.4 Å². The molecule has 8 heteroatoms. The van der Waals surface area contributed by atoms with Gasteiger partial charge in [0.1, 0.15) is 18.0 Å². The van der Waals surface area contributed by atoms with E-state index in [0.717, 1.165) is 17.2 Å². The second kappa shape index (κ2) is 8.99. The van der Waals surface area contributed by atoms with Crippen molar-refractivity contribution in [3.63, 3.8) is 0 Å². The first-order valence-electron chi connectivity index (χ1n) is 9.13. The number of aliphatic imine (C=N–C) groups is 1. The third kappa shape index (κ3) is 5.17. The lowest BCUT2D eigenvalue weighted by molar-refractivity contribution is 0.0617. The van der Waals surface area contributed by atoms with E-state index < -0.39 is 5.60 Å². The summed E-state index contributed by atoms with van der Waals surface area (Å²) in [6.45, 7) is 5.08. The van der Waals surface area contributed by atoms with Gasteiger partial charge in [-0.25, -0.2) is 4.99 Å². The van der Waals surface area contributed by atoms with E-state index in [1.807, 2.05) is 60.3 Å². The molecule has 0 fully saturated rings. The van der Waals surface area contributed by atoms with Crippen molar-refractivity contribution in [1.82, 2.24) is 25.4 Å². The molecule has 0 saturated heterocycles. The molecule has 0 spiro atoms. The lowest BCUT2D eigenvalue weighted by Gasteiger charge is -2.25. The fraction of sp³-hybridized carbons (Fsp3) is 0.350. The van der Waals surface area contributed by atoms with E-state index in [1.165, 1.54) is 4.88 Å². The van der Waals surface area contributed by atoms with E-state index in [0.29, 0.717) is 25.6 Å². The van der Waals surface area contributed by atoms with E-state index in [4.69, 9.17) is 0 Å². The van der Waals surface area contributed by atoms with Gasteiger partial charge in [-0.3, -0.25) is 0 Å². The number of hydrogen-bond donors (Lipinski definition) is 3. The Morgan fingerprint density at radius 1 is 1.18 bits per heavy atom. The summed E-state index contributed by atoms with van der Waals surface area (Å²) in [4.78, 5) is 5.84. The normalized spacial score (nSPS) is 13.9. The van der Waals surface area contributed by atoms with Crippen LogP contribution in [0, 0.1) is 6.92 Å². The average Bonchev–Trinajstić information content (AvgIpc) is 3.33. The predicted octanol–water partition coefficient (Wildman–Crippen LogP) is 2.33. The maximum absolute atomic E-state index is 10.8. The summed E-state index contributed by atoms with van der Waals surface area (Å²) in [5.74, 6) is 2.24. The molecule has 1 atom stereocenters. The van der Waals surface area contributed by atoms with Crippen molar-refractivity contribution < 1.29 is 5.11 Å². The number of aliphatic hydroxyl groups is 1. The van der Waals surface area contributed by atoms with Crippen LogP contribution in [0.25, 0.3) is 0 Å². The summed E-state index contributed by atoms with van der Waals surface area (Å²) in [6.07, 6.45) is 0. The molecule has 0 aliphatic carbocycles. The van der Waals surface area contributed by atoms with Gasteiger partial charge in [0.2, 0.25) is 0 Å². The Balaban J connectivity index is 1.69. The third-order valence-electron chi connectivity index (χ3n) is 4.57. The number of guanidine groups is 1. The Morgan fingerprint density at radius 2 is 1.96 bits per heavy atom. The van der Waals surface area contributed by atoms with Gasteiger partial charge in [0.05, 0.1) is 13.1 Å². The molecule has 3 rings (SSSR count). The minimum Gasteiger partial charge on any atom is -0.384 e. The second-order valence-corrected chi connectivity index (χ2v) is 7.85. The van der Waals surface area contributed by atoms with Crippen LogP contribution in [0.2, 0.25) is 0 Å². The number of aryl methyl sites for hydroxylation is 1. The van der Waals surface area contributed by atoms with Gasteiger partial charge in [-0.05, 0) is 30.9 Å². The van der Waals surface area contributed by atoms with Gasteiger partial charge in [0.15, 0.2) is 11.8 Å². The molecule has 0 bridgehead atoms. The zero-order valence-corrected chi connectivity index (χ0v) is 17.2. The van der Waals surface area contributed by atoms with E-state index >= 15 is 0 Å². The summed E-state index contributed by atoms with van der Waals surface area (Å²) < 4.78 is 1.92. The molecular formula is C20H26N6OS. The van der Waals surface area contributed by atoms with Crippen molar-refractivity contribution in [3.05, 3.63) is 69.9 Å². The minimum absolute atomic E-state index is 0.325. The average molecular weight is 399 g/mol. The summed E-state index contributed by atoms with van der Waals surface area (Å²) in [5, 5.41) is 27.7. The van der Waals surface area contributed by atoms with Crippen molar-refractivity contribution in [2.24, 2.45) is 12.0 Å². The maximum atomic E-state index is 10.8. The summed E-state index contributed by atoms with van der Waals surface area (Å²) >= 11 is 1.68. The quantitative estimate of drug-likeness (QED) is 0.420. The van der Waals surface area contributed by atoms with Crippen molar-refractivity contribution in [2.75, 3.05) is 6.54 Å². The van der Waals surface area contributed by atoms with Crippen LogP contribution in [0.3, 0.4) is 0 Å². The van der Waals surface area contributed by atoms with Crippen LogP contribution >= 0.6 is 11.3 Å². The smallest absolute Gasteiger partial charge is 0.192 e. The SMILES string of the molecule is Cc1nnc(CN=C(NCc2cccs2)NCC(C)(O)c2ccccc2)n1C. The van der Waals surface area contributed by atoms with Gasteiger partial charge in [0.25, 0.3) is 0 Å². The standard InChI is InChI=1S/C20H26N6OS/c1-15-24-25-18(26(15)3)13-22-19(21-12-17-10-7-11-28-17)23-14-20(2,27)16-8-5-4-6-9-16/h4-11,27H,12-14H2,1-3H3,(H2,21,22,23). The fourth-order valence-electron chi connectivity index (χ4n) is 2.65. The fourth-order valence-corrected chi connectivity index (χ4v) is 3.30. The molecule has 3 N–H and O–H groups in total. The molecule has 0 aliphatic heterocycles. The predicted molar refractivity (Wildman–Crippen MR) is 112 cm³/mol. The lowest BCUT2D eigenvalue weighted by Crippen LogP contribution is -2.44. The lowest BCUT2D eigenvalue weighted by atomic mass is 9.96. The molecule has 28 heavy (non-hydrogen) atoms. The van der Waals surface area contributed by atoms with Gasteiger partial charge < -0.3 is 20.3 Å².